The van der Waals surface area contributed by atoms with Crippen LogP contribution in [-0.4, -0.2) is 78.9 Å². The van der Waals surface area contributed by atoms with E-state index in [2.05, 4.69) is 17.3 Å². The molecule has 0 aliphatic carbocycles. The molecule has 144 valence electrons. The SMILES string of the molecule is CN1CCN(C(=O)CC2NCCN(Cc3ccccc3Cl)C2=O)CC1.Cl. The molecule has 1 aromatic carbocycles. The number of rotatable bonds is 4. The van der Waals surface area contributed by atoms with Crippen LogP contribution < -0.4 is 5.32 Å². The first-order chi connectivity index (χ1) is 12.0. The Kier molecular flexibility index (Phi) is 7.70. The van der Waals surface area contributed by atoms with Gasteiger partial charge in [0.15, 0.2) is 0 Å². The second-order valence-electron chi connectivity index (χ2n) is 6.75. The van der Waals surface area contributed by atoms with E-state index in [1.54, 1.807) is 4.90 Å². The van der Waals surface area contributed by atoms with Crippen molar-refractivity contribution >= 4 is 35.8 Å². The lowest BCUT2D eigenvalue weighted by Gasteiger charge is -2.36. The van der Waals surface area contributed by atoms with Gasteiger partial charge < -0.3 is 20.0 Å². The summed E-state index contributed by atoms with van der Waals surface area (Å²) in [7, 11) is 2.06. The van der Waals surface area contributed by atoms with E-state index in [9.17, 15) is 9.59 Å². The highest BCUT2D eigenvalue weighted by Crippen LogP contribution is 2.19. The summed E-state index contributed by atoms with van der Waals surface area (Å²) in [5.41, 5.74) is 0.934. The Morgan fingerprint density at radius 1 is 1.19 bits per heavy atom. The van der Waals surface area contributed by atoms with E-state index < -0.39 is 6.04 Å². The molecule has 0 aromatic heterocycles. The molecule has 2 fully saturated rings. The molecule has 2 heterocycles. The van der Waals surface area contributed by atoms with Crippen LogP contribution in [0.15, 0.2) is 24.3 Å². The molecule has 3 rings (SSSR count). The van der Waals surface area contributed by atoms with Crippen molar-refractivity contribution in [2.45, 2.75) is 19.0 Å². The summed E-state index contributed by atoms with van der Waals surface area (Å²) in [6, 6.07) is 7.12. The molecule has 2 aliphatic rings. The summed E-state index contributed by atoms with van der Waals surface area (Å²) >= 11 is 6.21. The van der Waals surface area contributed by atoms with Gasteiger partial charge in [-0.3, -0.25) is 9.59 Å². The largest absolute Gasteiger partial charge is 0.340 e. The van der Waals surface area contributed by atoms with Crippen molar-refractivity contribution in [2.24, 2.45) is 0 Å². The molecular weight excluding hydrogens is 375 g/mol. The number of carbonyl (C=O) groups excluding carboxylic acids is 2. The molecule has 0 saturated carbocycles. The van der Waals surface area contributed by atoms with Crippen molar-refractivity contribution < 1.29 is 9.59 Å². The van der Waals surface area contributed by atoms with Crippen molar-refractivity contribution in [3.8, 4) is 0 Å². The van der Waals surface area contributed by atoms with E-state index in [4.69, 9.17) is 11.6 Å². The van der Waals surface area contributed by atoms with Gasteiger partial charge >= 0.3 is 0 Å². The summed E-state index contributed by atoms with van der Waals surface area (Å²) in [5.74, 6) is 0.0344. The zero-order valence-electron chi connectivity index (χ0n) is 15.0. The van der Waals surface area contributed by atoms with E-state index in [0.29, 0.717) is 24.7 Å². The molecule has 1 aromatic rings. The van der Waals surface area contributed by atoms with E-state index >= 15 is 0 Å². The smallest absolute Gasteiger partial charge is 0.240 e. The standard InChI is InChI=1S/C18H25ClN4O2.ClH/c1-21-8-10-22(11-9-21)17(24)12-16-18(25)23(7-6-20-16)13-14-4-2-3-5-15(14)19;/h2-5,16,20H,6-13H2,1H3;1H. The number of hydrogen-bond acceptors (Lipinski definition) is 4. The van der Waals surface area contributed by atoms with Crippen LogP contribution in [0.2, 0.25) is 5.02 Å². The molecule has 2 amide bonds. The van der Waals surface area contributed by atoms with Crippen molar-refractivity contribution in [1.82, 2.24) is 20.0 Å². The summed E-state index contributed by atoms with van der Waals surface area (Å²) in [6.07, 6.45) is 0.224. The van der Waals surface area contributed by atoms with E-state index in [1.807, 2.05) is 29.2 Å². The Labute approximate surface area is 165 Å². The highest BCUT2D eigenvalue weighted by atomic mass is 35.5. The fourth-order valence-corrected chi connectivity index (χ4v) is 3.50. The van der Waals surface area contributed by atoms with Gasteiger partial charge in [0.2, 0.25) is 11.8 Å². The number of amides is 2. The fraction of sp³-hybridized carbons (Fsp3) is 0.556. The summed E-state index contributed by atoms with van der Waals surface area (Å²) in [6.45, 7) is 5.05. The maximum absolute atomic E-state index is 12.8. The molecular formula is C18H26Cl2N4O2. The summed E-state index contributed by atoms with van der Waals surface area (Å²) < 4.78 is 0. The molecule has 0 bridgehead atoms. The van der Waals surface area contributed by atoms with Crippen LogP contribution in [0, 0.1) is 0 Å². The van der Waals surface area contributed by atoms with Gasteiger partial charge in [-0.25, -0.2) is 0 Å². The number of nitrogens with one attached hydrogen (secondary N) is 1. The summed E-state index contributed by atoms with van der Waals surface area (Å²) in [4.78, 5) is 31.1. The Balaban J connectivity index is 0.00000243. The van der Waals surface area contributed by atoms with Gasteiger partial charge in [-0.2, -0.15) is 0 Å². The minimum absolute atomic E-state index is 0. The second-order valence-corrected chi connectivity index (χ2v) is 7.15. The maximum atomic E-state index is 12.8. The van der Waals surface area contributed by atoms with E-state index in [0.717, 1.165) is 31.7 Å². The zero-order valence-corrected chi connectivity index (χ0v) is 16.6. The Morgan fingerprint density at radius 2 is 1.88 bits per heavy atom. The third-order valence-corrected chi connectivity index (χ3v) is 5.30. The maximum Gasteiger partial charge on any atom is 0.240 e. The van der Waals surface area contributed by atoms with Crippen molar-refractivity contribution in [2.75, 3.05) is 46.3 Å². The minimum Gasteiger partial charge on any atom is -0.340 e. The number of halogens is 2. The van der Waals surface area contributed by atoms with E-state index in [-0.39, 0.29) is 30.6 Å². The number of benzene rings is 1. The molecule has 8 heteroatoms. The van der Waals surface area contributed by atoms with Crippen LogP contribution in [0.25, 0.3) is 0 Å². The third-order valence-electron chi connectivity index (χ3n) is 4.94. The van der Waals surface area contributed by atoms with Gasteiger partial charge in [-0.15, -0.1) is 12.4 Å². The van der Waals surface area contributed by atoms with Gasteiger partial charge in [0.25, 0.3) is 0 Å². The van der Waals surface area contributed by atoms with E-state index in [1.165, 1.54) is 0 Å². The van der Waals surface area contributed by atoms with Gasteiger partial charge in [0, 0.05) is 50.8 Å². The summed E-state index contributed by atoms with van der Waals surface area (Å²) in [5, 5.41) is 3.86. The average Bonchev–Trinajstić information content (AvgIpc) is 2.61. The first-order valence-corrected chi connectivity index (χ1v) is 9.14. The third kappa shape index (κ3) is 5.10. The van der Waals surface area contributed by atoms with Crippen molar-refractivity contribution in [3.63, 3.8) is 0 Å². The molecule has 1 unspecified atom stereocenters. The van der Waals surface area contributed by atoms with Gasteiger partial charge in [-0.05, 0) is 18.7 Å². The van der Waals surface area contributed by atoms with Crippen LogP contribution in [0.1, 0.15) is 12.0 Å². The highest BCUT2D eigenvalue weighted by Gasteiger charge is 2.32. The molecule has 0 radical (unpaired) electrons. The highest BCUT2D eigenvalue weighted by molar-refractivity contribution is 6.31. The lowest BCUT2D eigenvalue weighted by atomic mass is 10.1. The normalized spacial score (nSPS) is 21.5. The van der Waals surface area contributed by atoms with Gasteiger partial charge in [-0.1, -0.05) is 29.8 Å². The average molecular weight is 401 g/mol. The molecule has 26 heavy (non-hydrogen) atoms. The van der Waals surface area contributed by atoms with Crippen molar-refractivity contribution in [3.05, 3.63) is 34.9 Å². The number of hydrogen-bond donors (Lipinski definition) is 1. The van der Waals surface area contributed by atoms with Crippen LogP contribution in [0.3, 0.4) is 0 Å². The molecule has 1 atom stereocenters. The zero-order chi connectivity index (χ0) is 17.8. The molecule has 0 spiro atoms. The first kappa shape index (κ1) is 21.0. The number of nitrogens with zero attached hydrogens (tertiary/aromatic N) is 3. The van der Waals surface area contributed by atoms with Gasteiger partial charge in [0.05, 0.1) is 12.5 Å². The van der Waals surface area contributed by atoms with Gasteiger partial charge in [0.1, 0.15) is 0 Å². The van der Waals surface area contributed by atoms with Crippen LogP contribution in [0.5, 0.6) is 0 Å². The molecule has 6 nitrogen and oxygen atoms in total. The quantitative estimate of drug-likeness (QED) is 0.825. The minimum atomic E-state index is -0.441. The fourth-order valence-electron chi connectivity index (χ4n) is 3.30. The predicted molar refractivity (Wildman–Crippen MR) is 105 cm³/mol. The Hall–Kier alpha value is -1.34. The lowest BCUT2D eigenvalue weighted by Crippen LogP contribution is -2.57. The predicted octanol–water partition coefficient (Wildman–Crippen LogP) is 1.23. The molecule has 1 N–H and O–H groups in total. The lowest BCUT2D eigenvalue weighted by molar-refractivity contribution is -0.142. The van der Waals surface area contributed by atoms with Crippen LogP contribution in [0.4, 0.5) is 0 Å². The number of piperazine rings is 2. The molecule has 2 saturated heterocycles. The topological polar surface area (TPSA) is 55.9 Å². The Bertz CT molecular complexity index is 635. The molecule has 2 aliphatic heterocycles. The number of carbonyl (C=O) groups is 2. The Morgan fingerprint density at radius 3 is 2.58 bits per heavy atom. The van der Waals surface area contributed by atoms with Crippen LogP contribution >= 0.6 is 24.0 Å². The van der Waals surface area contributed by atoms with Crippen molar-refractivity contribution in [1.29, 1.82) is 0 Å². The van der Waals surface area contributed by atoms with Crippen LogP contribution in [-0.2, 0) is 16.1 Å². The second kappa shape index (κ2) is 9.55. The first-order valence-electron chi connectivity index (χ1n) is 8.76. The number of likely N-dealkylation sites (N-methyl/N-ethyl adjacent to an activating group) is 1. The monoisotopic (exact) mass is 400 g/mol.